The number of hydrogen-bond donors (Lipinski definition) is 0. The smallest absolute Gasteiger partial charge is 0.164 e. The number of para-hydroxylation sites is 1. The molecule has 0 N–H and O–H groups in total. The molecule has 22 radical (unpaired) electrons. The number of benzene rings is 7. The van der Waals surface area contributed by atoms with Crippen LogP contribution in [0.4, 0.5) is 0 Å². The molecule has 5 nitrogen and oxygen atoms in total. The average molecular weight is 750 g/mol. The largest absolute Gasteiger partial charge is 0.457 e. The Labute approximate surface area is 365 Å². The van der Waals surface area contributed by atoms with E-state index in [9.17, 15) is 0 Å². The van der Waals surface area contributed by atoms with Gasteiger partial charge in [0, 0.05) is 38.2 Å². The molecule has 0 bridgehead atoms. The molecule has 7 aromatic carbocycles. The summed E-state index contributed by atoms with van der Waals surface area (Å²) >= 11 is 0. The van der Waals surface area contributed by atoms with Crippen molar-refractivity contribution < 1.29 is 8.83 Å². The number of rotatable bonds is 5. The van der Waals surface area contributed by atoms with Crippen molar-refractivity contribution in [1.29, 1.82) is 0 Å². The molecule has 0 amide bonds. The van der Waals surface area contributed by atoms with Gasteiger partial charge in [-0.15, -0.1) is 16.4 Å². The fourth-order valence-corrected chi connectivity index (χ4v) is 8.06. The first kappa shape index (κ1) is 39.0. The van der Waals surface area contributed by atoms with E-state index in [-0.39, 0.29) is 105 Å². The monoisotopic (exact) mass is 751 g/mol. The molecule has 0 saturated heterocycles. The van der Waals surface area contributed by atoms with Crippen molar-refractivity contribution >= 4 is 190 Å². The maximum Gasteiger partial charge on any atom is 0.164 e. The summed E-state index contributed by atoms with van der Waals surface area (Å²) in [7, 11) is 72.5. The molecule has 3 aromatic heterocycles. The van der Waals surface area contributed by atoms with Crippen LogP contribution < -0.4 is 60.1 Å². The molecule has 0 spiro atoms. The van der Waals surface area contributed by atoms with Crippen molar-refractivity contribution in [2.45, 2.75) is 0 Å². The van der Waals surface area contributed by atoms with Crippen LogP contribution in [0.15, 0.2) is 106 Å². The minimum absolute atomic E-state index is 0.000873. The Hall–Kier alpha value is -6.14. The summed E-state index contributed by atoms with van der Waals surface area (Å²) in [6.45, 7) is 0. The minimum atomic E-state index is -0.0113. The summed E-state index contributed by atoms with van der Waals surface area (Å²) in [4.78, 5) is 14.8. The molecule has 0 aliphatic carbocycles. The standard InChI is InChI=1S/C45H16B11N3O2/c46-30-25(26-31(47)37(53)39(55)38(54)32(26)48)33(49)40(56)42-27(30)28-34(50)35(51)29(36(52)41(28)61-42)45-58-43(19-12-10-18(11-13-19)17-6-2-1-3-7-17)57-44(59-45)20-14-15-22-21-8-4-5-9-23(21)60-24(22)16-20/h1-16H. The Morgan fingerprint density at radius 1 is 0.311 bits per heavy atom. The first-order valence-corrected chi connectivity index (χ1v) is 18.9. The molecule has 256 valence electrons. The van der Waals surface area contributed by atoms with E-state index in [4.69, 9.17) is 110 Å². The Morgan fingerprint density at radius 3 is 1.49 bits per heavy atom. The lowest BCUT2D eigenvalue weighted by Crippen LogP contribution is -2.56. The zero-order chi connectivity index (χ0) is 42.6. The lowest BCUT2D eigenvalue weighted by molar-refractivity contribution is 0.669. The number of fused-ring (bicyclic) bond motifs is 6. The van der Waals surface area contributed by atoms with Crippen molar-refractivity contribution in [3.05, 3.63) is 97.1 Å². The van der Waals surface area contributed by atoms with Gasteiger partial charge in [-0.25, -0.2) is 15.0 Å². The molecule has 0 aliphatic rings. The fourth-order valence-electron chi connectivity index (χ4n) is 8.06. The molecule has 10 aromatic rings. The maximum absolute atomic E-state index is 7.01. The third-order valence-electron chi connectivity index (χ3n) is 11.3. The predicted molar refractivity (Wildman–Crippen MR) is 261 cm³/mol. The van der Waals surface area contributed by atoms with Crippen LogP contribution in [0.3, 0.4) is 0 Å². The van der Waals surface area contributed by atoms with Crippen LogP contribution in [-0.2, 0) is 0 Å². The predicted octanol–water partition coefficient (Wildman–Crippen LogP) is -1.26. The highest BCUT2D eigenvalue weighted by atomic mass is 16.3. The molecule has 0 unspecified atom stereocenters. The Kier molecular flexibility index (Phi) is 9.28. The lowest BCUT2D eigenvalue weighted by Gasteiger charge is -2.25. The summed E-state index contributed by atoms with van der Waals surface area (Å²) in [6.07, 6.45) is 0. The molecular formula is C45H16B11N3O2. The molecule has 0 atom stereocenters. The molecule has 0 saturated carbocycles. The fraction of sp³-hybridized carbons (Fsp3) is 0. The Balaban J connectivity index is 1.21. The zero-order valence-corrected chi connectivity index (χ0v) is 32.2. The van der Waals surface area contributed by atoms with E-state index in [0.717, 1.165) is 27.5 Å². The lowest BCUT2D eigenvalue weighted by atomic mass is 9.57. The zero-order valence-electron chi connectivity index (χ0n) is 32.2. The van der Waals surface area contributed by atoms with Crippen LogP contribution in [-0.4, -0.2) is 101 Å². The third kappa shape index (κ3) is 5.96. The summed E-state index contributed by atoms with van der Waals surface area (Å²) in [5.41, 5.74) is 5.68. The molecule has 61 heavy (non-hydrogen) atoms. The molecule has 3 heterocycles. The topological polar surface area (TPSA) is 65.0 Å². The van der Waals surface area contributed by atoms with Crippen molar-refractivity contribution in [3.63, 3.8) is 0 Å². The van der Waals surface area contributed by atoms with Gasteiger partial charge in [0.05, 0.1) is 0 Å². The van der Waals surface area contributed by atoms with Crippen LogP contribution >= 0.6 is 0 Å². The summed E-state index contributed by atoms with van der Waals surface area (Å²) in [5.74, 6) is 0.782. The first-order valence-electron chi connectivity index (χ1n) is 18.9. The van der Waals surface area contributed by atoms with Crippen molar-refractivity contribution in [1.82, 2.24) is 15.0 Å². The van der Waals surface area contributed by atoms with Crippen LogP contribution in [0.5, 0.6) is 0 Å². The first-order chi connectivity index (χ1) is 29.3. The van der Waals surface area contributed by atoms with Crippen LogP contribution in [0.2, 0.25) is 0 Å². The second-order valence-corrected chi connectivity index (χ2v) is 14.7. The maximum atomic E-state index is 7.01. The van der Waals surface area contributed by atoms with Gasteiger partial charge in [-0.05, 0) is 45.9 Å². The van der Waals surface area contributed by atoms with E-state index in [1.54, 1.807) is 0 Å². The highest BCUT2D eigenvalue weighted by molar-refractivity contribution is 6.71. The van der Waals surface area contributed by atoms with E-state index in [1.807, 2.05) is 97.1 Å². The van der Waals surface area contributed by atoms with E-state index in [0.29, 0.717) is 28.4 Å². The van der Waals surface area contributed by atoms with Crippen molar-refractivity contribution in [3.8, 4) is 56.4 Å². The summed E-state index contributed by atoms with van der Waals surface area (Å²) < 4.78 is 12.6. The minimum Gasteiger partial charge on any atom is -0.457 e. The van der Waals surface area contributed by atoms with Crippen LogP contribution in [0.25, 0.3) is 100 Å². The second-order valence-electron chi connectivity index (χ2n) is 14.7. The van der Waals surface area contributed by atoms with E-state index in [1.165, 1.54) is 0 Å². The normalized spacial score (nSPS) is 11.7. The molecule has 16 heteroatoms. The highest BCUT2D eigenvalue weighted by Gasteiger charge is 2.26. The number of aromatic nitrogens is 3. The van der Waals surface area contributed by atoms with Gasteiger partial charge in [0.25, 0.3) is 0 Å². The second kappa shape index (κ2) is 14.5. The van der Waals surface area contributed by atoms with Gasteiger partial charge in [0.2, 0.25) is 0 Å². The molecule has 0 fully saturated rings. The van der Waals surface area contributed by atoms with E-state index in [2.05, 4.69) is 0 Å². The van der Waals surface area contributed by atoms with Gasteiger partial charge >= 0.3 is 0 Å². The number of nitrogens with zero attached hydrogens (tertiary/aromatic N) is 3. The summed E-state index contributed by atoms with van der Waals surface area (Å²) in [6, 6.07) is 31.5. The van der Waals surface area contributed by atoms with Crippen LogP contribution in [0.1, 0.15) is 0 Å². The summed E-state index contributed by atoms with van der Waals surface area (Å²) in [5, 5.41) is 2.44. The van der Waals surface area contributed by atoms with Gasteiger partial charge in [-0.1, -0.05) is 117 Å². The van der Waals surface area contributed by atoms with E-state index >= 15 is 0 Å². The van der Waals surface area contributed by atoms with Gasteiger partial charge in [0.1, 0.15) is 109 Å². The third-order valence-corrected chi connectivity index (χ3v) is 11.3. The van der Waals surface area contributed by atoms with E-state index < -0.39 is 0 Å². The molecule has 10 rings (SSSR count). The van der Waals surface area contributed by atoms with Crippen molar-refractivity contribution in [2.75, 3.05) is 0 Å². The number of furan rings is 2. The van der Waals surface area contributed by atoms with Crippen molar-refractivity contribution in [2.24, 2.45) is 0 Å². The number of hydrogen-bond acceptors (Lipinski definition) is 5. The molecular weight excluding hydrogens is 733 g/mol. The quantitative estimate of drug-likeness (QED) is 0.206. The van der Waals surface area contributed by atoms with Gasteiger partial charge in [-0.2, -0.15) is 0 Å². The molecule has 0 aliphatic heterocycles. The van der Waals surface area contributed by atoms with Gasteiger partial charge < -0.3 is 8.83 Å². The average Bonchev–Trinajstić information content (AvgIpc) is 3.87. The SMILES string of the molecule is [B]c1c([B])c([B])c(-c2c([B])c([B])c3oc4c([B])c(-c5nc(-c6ccc(-c7ccccc7)cc6)nc(-c6ccc7c(c6)oc6ccccc67)n5)c([B])c([B])c4c3c2[B])c([B])c1[B]. The Bertz CT molecular complexity index is 3470. The highest BCUT2D eigenvalue weighted by Crippen LogP contribution is 2.33. The van der Waals surface area contributed by atoms with Crippen LogP contribution in [0, 0.1) is 0 Å². The van der Waals surface area contributed by atoms with Gasteiger partial charge in [0.15, 0.2) is 17.5 Å². The van der Waals surface area contributed by atoms with Gasteiger partial charge in [-0.3, -0.25) is 0 Å². The Morgan fingerprint density at radius 2 is 0.787 bits per heavy atom.